The average molecular weight is 327 g/mol. The van der Waals surface area contributed by atoms with E-state index >= 15 is 0 Å². The number of hydrogen-bond donors (Lipinski definition) is 1. The minimum Gasteiger partial charge on any atom is -0.465 e. The number of carbonyl (C=O) groups excluding carboxylic acids is 1. The summed E-state index contributed by atoms with van der Waals surface area (Å²) >= 11 is 11.9. The van der Waals surface area contributed by atoms with E-state index in [2.05, 4.69) is 5.32 Å². The summed E-state index contributed by atoms with van der Waals surface area (Å²) in [6.45, 7) is 2.67. The zero-order valence-corrected chi connectivity index (χ0v) is 13.3. The van der Waals surface area contributed by atoms with E-state index in [1.165, 1.54) is 0 Å². The fourth-order valence-electron chi connectivity index (χ4n) is 1.93. The van der Waals surface area contributed by atoms with Gasteiger partial charge in [0.15, 0.2) is 0 Å². The van der Waals surface area contributed by atoms with E-state index in [1.54, 1.807) is 18.2 Å². The third-order valence-electron chi connectivity index (χ3n) is 2.86. The molecule has 0 aliphatic rings. The number of aryl methyl sites for hydroxylation is 1. The number of halogens is 2. The molecule has 1 aromatic heterocycles. The van der Waals surface area contributed by atoms with E-state index in [4.69, 9.17) is 27.6 Å². The third-order valence-corrected chi connectivity index (χ3v) is 3.68. The SMILES string of the molecule is Cc1ccc(CN(C)CC(=O)Nc2cccc(Cl)c2Cl)o1. The van der Waals surface area contributed by atoms with E-state index in [0.29, 0.717) is 22.3 Å². The second-order valence-electron chi connectivity index (χ2n) is 4.83. The van der Waals surface area contributed by atoms with E-state index in [1.807, 2.05) is 31.0 Å². The topological polar surface area (TPSA) is 45.5 Å². The number of hydrogen-bond acceptors (Lipinski definition) is 3. The lowest BCUT2D eigenvalue weighted by Gasteiger charge is -2.15. The van der Waals surface area contributed by atoms with Crippen molar-refractivity contribution in [1.82, 2.24) is 4.90 Å². The molecule has 0 saturated heterocycles. The predicted molar refractivity (Wildman–Crippen MR) is 84.9 cm³/mol. The first-order chi connectivity index (χ1) is 9.95. The molecule has 0 aliphatic heterocycles. The van der Waals surface area contributed by atoms with Gasteiger partial charge in [0, 0.05) is 0 Å². The fourth-order valence-corrected chi connectivity index (χ4v) is 2.28. The van der Waals surface area contributed by atoms with Gasteiger partial charge >= 0.3 is 0 Å². The smallest absolute Gasteiger partial charge is 0.238 e. The summed E-state index contributed by atoms with van der Waals surface area (Å²) in [4.78, 5) is 13.8. The molecule has 0 spiro atoms. The van der Waals surface area contributed by atoms with Crippen LogP contribution < -0.4 is 5.32 Å². The van der Waals surface area contributed by atoms with Gasteiger partial charge in [-0.3, -0.25) is 9.69 Å². The van der Waals surface area contributed by atoms with Crippen molar-refractivity contribution in [3.63, 3.8) is 0 Å². The van der Waals surface area contributed by atoms with Gasteiger partial charge in [0.1, 0.15) is 11.5 Å². The molecule has 1 aromatic carbocycles. The molecule has 2 rings (SSSR count). The Hall–Kier alpha value is -1.49. The molecule has 1 heterocycles. The standard InChI is InChI=1S/C15H16Cl2N2O2/c1-10-6-7-11(21-10)8-19(2)9-14(20)18-13-5-3-4-12(16)15(13)17/h3-7H,8-9H2,1-2H3,(H,18,20). The number of nitrogens with one attached hydrogen (secondary N) is 1. The van der Waals surface area contributed by atoms with Crippen molar-refractivity contribution in [1.29, 1.82) is 0 Å². The molecule has 0 bridgehead atoms. The van der Waals surface area contributed by atoms with Gasteiger partial charge < -0.3 is 9.73 Å². The molecular weight excluding hydrogens is 311 g/mol. The molecule has 0 radical (unpaired) electrons. The summed E-state index contributed by atoms with van der Waals surface area (Å²) in [6.07, 6.45) is 0. The van der Waals surface area contributed by atoms with Crippen LogP contribution in [0.25, 0.3) is 0 Å². The van der Waals surface area contributed by atoms with Crippen molar-refractivity contribution >= 4 is 34.8 Å². The molecule has 0 saturated carbocycles. The van der Waals surface area contributed by atoms with Gasteiger partial charge in [0.25, 0.3) is 0 Å². The van der Waals surface area contributed by atoms with Crippen molar-refractivity contribution in [2.75, 3.05) is 18.9 Å². The minimum atomic E-state index is -0.162. The van der Waals surface area contributed by atoms with Crippen LogP contribution in [0.5, 0.6) is 0 Å². The van der Waals surface area contributed by atoms with Gasteiger partial charge in [0.2, 0.25) is 5.91 Å². The molecule has 0 unspecified atom stereocenters. The molecular formula is C15H16Cl2N2O2. The van der Waals surface area contributed by atoms with Crippen molar-refractivity contribution in [2.24, 2.45) is 0 Å². The second kappa shape index (κ2) is 6.98. The van der Waals surface area contributed by atoms with E-state index in [0.717, 1.165) is 11.5 Å². The third kappa shape index (κ3) is 4.49. The van der Waals surface area contributed by atoms with Crippen LogP contribution in [0.1, 0.15) is 11.5 Å². The molecule has 1 amide bonds. The lowest BCUT2D eigenvalue weighted by Crippen LogP contribution is -2.29. The first-order valence-electron chi connectivity index (χ1n) is 6.43. The van der Waals surface area contributed by atoms with Gasteiger partial charge in [-0.25, -0.2) is 0 Å². The van der Waals surface area contributed by atoms with Crippen molar-refractivity contribution < 1.29 is 9.21 Å². The number of nitrogens with zero attached hydrogens (tertiary/aromatic N) is 1. The molecule has 21 heavy (non-hydrogen) atoms. The summed E-state index contributed by atoms with van der Waals surface area (Å²) in [5.74, 6) is 1.52. The van der Waals surface area contributed by atoms with Gasteiger partial charge in [0.05, 0.1) is 28.8 Å². The highest BCUT2D eigenvalue weighted by Gasteiger charge is 2.11. The molecule has 0 atom stereocenters. The predicted octanol–water partition coefficient (Wildman–Crippen LogP) is 3.97. The van der Waals surface area contributed by atoms with Crippen molar-refractivity contribution in [3.8, 4) is 0 Å². The van der Waals surface area contributed by atoms with Crippen LogP contribution in [0.4, 0.5) is 5.69 Å². The largest absolute Gasteiger partial charge is 0.465 e. The van der Waals surface area contributed by atoms with E-state index in [-0.39, 0.29) is 12.5 Å². The monoisotopic (exact) mass is 326 g/mol. The summed E-state index contributed by atoms with van der Waals surface area (Å²) < 4.78 is 5.48. The van der Waals surface area contributed by atoms with Crippen LogP contribution in [0.3, 0.4) is 0 Å². The Morgan fingerprint density at radius 1 is 1.29 bits per heavy atom. The maximum absolute atomic E-state index is 12.0. The normalized spacial score (nSPS) is 10.9. The maximum atomic E-state index is 12.0. The number of likely N-dealkylation sites (N-methyl/N-ethyl adjacent to an activating group) is 1. The molecule has 2 aromatic rings. The number of anilines is 1. The van der Waals surface area contributed by atoms with E-state index < -0.39 is 0 Å². The van der Waals surface area contributed by atoms with Crippen LogP contribution in [0, 0.1) is 6.92 Å². The summed E-state index contributed by atoms with van der Waals surface area (Å²) in [5.41, 5.74) is 0.511. The number of furan rings is 1. The van der Waals surface area contributed by atoms with Gasteiger partial charge in [-0.2, -0.15) is 0 Å². The number of benzene rings is 1. The van der Waals surface area contributed by atoms with Crippen LogP contribution in [0.15, 0.2) is 34.7 Å². The highest BCUT2D eigenvalue weighted by Crippen LogP contribution is 2.29. The Labute approximate surface area is 133 Å². The quantitative estimate of drug-likeness (QED) is 0.904. The number of amides is 1. The number of rotatable bonds is 5. The Balaban J connectivity index is 1.90. The summed E-state index contributed by atoms with van der Waals surface area (Å²) in [6, 6.07) is 8.92. The van der Waals surface area contributed by atoms with Gasteiger partial charge in [-0.1, -0.05) is 29.3 Å². The highest BCUT2D eigenvalue weighted by atomic mass is 35.5. The summed E-state index contributed by atoms with van der Waals surface area (Å²) in [7, 11) is 1.84. The van der Waals surface area contributed by atoms with Gasteiger partial charge in [-0.15, -0.1) is 0 Å². The average Bonchev–Trinajstić information content (AvgIpc) is 2.80. The van der Waals surface area contributed by atoms with Crippen LogP contribution in [-0.2, 0) is 11.3 Å². The van der Waals surface area contributed by atoms with Crippen molar-refractivity contribution in [2.45, 2.75) is 13.5 Å². The minimum absolute atomic E-state index is 0.162. The Morgan fingerprint density at radius 3 is 2.71 bits per heavy atom. The summed E-state index contributed by atoms with van der Waals surface area (Å²) in [5, 5.41) is 3.50. The molecule has 0 aliphatic carbocycles. The maximum Gasteiger partial charge on any atom is 0.238 e. The first kappa shape index (κ1) is 15.9. The molecule has 6 heteroatoms. The highest BCUT2D eigenvalue weighted by molar-refractivity contribution is 6.43. The molecule has 4 nitrogen and oxygen atoms in total. The Kier molecular flexibility index (Phi) is 5.28. The molecule has 0 fully saturated rings. The molecule has 1 N–H and O–H groups in total. The van der Waals surface area contributed by atoms with E-state index in [9.17, 15) is 4.79 Å². The zero-order valence-electron chi connectivity index (χ0n) is 11.8. The Morgan fingerprint density at radius 2 is 2.05 bits per heavy atom. The van der Waals surface area contributed by atoms with Crippen molar-refractivity contribution in [3.05, 3.63) is 51.9 Å². The van der Waals surface area contributed by atoms with Crippen LogP contribution >= 0.6 is 23.2 Å². The van der Waals surface area contributed by atoms with Gasteiger partial charge in [-0.05, 0) is 38.2 Å². The number of carbonyl (C=O) groups is 1. The second-order valence-corrected chi connectivity index (χ2v) is 5.62. The Bertz CT molecular complexity index is 640. The lowest BCUT2D eigenvalue weighted by atomic mass is 10.3. The van der Waals surface area contributed by atoms with Crippen LogP contribution in [-0.4, -0.2) is 24.4 Å². The fraction of sp³-hybridized carbons (Fsp3) is 0.267. The lowest BCUT2D eigenvalue weighted by molar-refractivity contribution is -0.117. The molecule has 112 valence electrons. The zero-order chi connectivity index (χ0) is 15.4. The van der Waals surface area contributed by atoms with Crippen LogP contribution in [0.2, 0.25) is 10.0 Å². The first-order valence-corrected chi connectivity index (χ1v) is 7.19.